The number of carbonyl (C=O) groups excluding carboxylic acids is 1. The largest absolute Gasteiger partial charge is 0.328 e. The van der Waals surface area contributed by atoms with Crippen LogP contribution in [0.1, 0.15) is 71.1 Å². The molecule has 1 heterocycles. The van der Waals surface area contributed by atoms with Crippen molar-refractivity contribution in [1.82, 2.24) is 4.90 Å². The number of hydrogen-bond acceptors (Lipinski definition) is 3. The van der Waals surface area contributed by atoms with Crippen molar-refractivity contribution in [2.75, 3.05) is 19.6 Å². The maximum absolute atomic E-state index is 11.9. The Bertz CT molecular complexity index is 235. The predicted molar refractivity (Wildman–Crippen MR) is 81.3 cm³/mol. The van der Waals surface area contributed by atoms with E-state index in [1.54, 1.807) is 0 Å². The third-order valence-corrected chi connectivity index (χ3v) is 4.09. The zero-order chi connectivity index (χ0) is 13.9. The van der Waals surface area contributed by atoms with Crippen LogP contribution in [0.25, 0.3) is 0 Å². The van der Waals surface area contributed by atoms with E-state index in [1.807, 2.05) is 0 Å². The summed E-state index contributed by atoms with van der Waals surface area (Å²) in [5.74, 6) is 0.420. The lowest BCUT2D eigenvalue weighted by molar-refractivity contribution is -0.120. The maximum Gasteiger partial charge on any atom is 0.146 e. The Morgan fingerprint density at radius 3 is 2.26 bits per heavy atom. The Balaban J connectivity index is 1.93. The summed E-state index contributed by atoms with van der Waals surface area (Å²) in [6.07, 6.45) is 11.8. The molecular weight excluding hydrogens is 236 g/mol. The average molecular weight is 268 g/mol. The van der Waals surface area contributed by atoms with Crippen molar-refractivity contribution in [2.45, 2.75) is 77.2 Å². The van der Waals surface area contributed by atoms with Crippen LogP contribution in [0.5, 0.6) is 0 Å². The van der Waals surface area contributed by atoms with Crippen LogP contribution in [0.2, 0.25) is 0 Å². The summed E-state index contributed by atoms with van der Waals surface area (Å²) < 4.78 is 0. The Hall–Kier alpha value is -0.410. The van der Waals surface area contributed by atoms with E-state index in [1.165, 1.54) is 38.5 Å². The van der Waals surface area contributed by atoms with Crippen LogP contribution >= 0.6 is 0 Å². The summed E-state index contributed by atoms with van der Waals surface area (Å²) in [4.78, 5) is 14.1. The second-order valence-corrected chi connectivity index (χ2v) is 6.02. The van der Waals surface area contributed by atoms with E-state index < -0.39 is 0 Å². The second kappa shape index (κ2) is 10.4. The lowest BCUT2D eigenvalue weighted by atomic mass is 10.0. The highest BCUT2D eigenvalue weighted by atomic mass is 16.1. The molecule has 0 amide bonds. The minimum atomic E-state index is 0.356. The molecule has 112 valence electrons. The fraction of sp³-hybridized carbons (Fsp3) is 0.938. The zero-order valence-corrected chi connectivity index (χ0v) is 12.7. The Labute approximate surface area is 118 Å². The van der Waals surface area contributed by atoms with Gasteiger partial charge in [0.15, 0.2) is 0 Å². The number of piperidine rings is 1. The molecule has 1 aliphatic heterocycles. The highest BCUT2D eigenvalue weighted by Crippen LogP contribution is 2.11. The average Bonchev–Trinajstić information content (AvgIpc) is 2.40. The number of nitrogens with zero attached hydrogens (tertiary/aromatic N) is 1. The molecule has 19 heavy (non-hydrogen) atoms. The first-order valence-electron chi connectivity index (χ1n) is 8.22. The molecule has 0 saturated carbocycles. The lowest BCUT2D eigenvalue weighted by Crippen LogP contribution is -2.41. The number of unbranched alkanes of at least 4 members (excludes halogenated alkanes) is 6. The highest BCUT2D eigenvalue weighted by Gasteiger charge is 2.17. The normalized spacial score (nSPS) is 17.8. The van der Waals surface area contributed by atoms with E-state index in [0.717, 1.165) is 38.8 Å². The van der Waals surface area contributed by atoms with Gasteiger partial charge in [0.25, 0.3) is 0 Å². The van der Waals surface area contributed by atoms with Gasteiger partial charge in [-0.1, -0.05) is 45.4 Å². The molecule has 0 unspecified atom stereocenters. The van der Waals surface area contributed by atoms with Crippen molar-refractivity contribution in [3.63, 3.8) is 0 Å². The molecule has 0 bridgehead atoms. The maximum atomic E-state index is 11.9. The van der Waals surface area contributed by atoms with Crippen molar-refractivity contribution in [2.24, 2.45) is 5.73 Å². The van der Waals surface area contributed by atoms with Crippen LogP contribution in [0.3, 0.4) is 0 Å². The zero-order valence-electron chi connectivity index (χ0n) is 12.7. The smallest absolute Gasteiger partial charge is 0.146 e. The van der Waals surface area contributed by atoms with Crippen LogP contribution in [0.15, 0.2) is 0 Å². The van der Waals surface area contributed by atoms with Gasteiger partial charge in [-0.05, 0) is 19.3 Å². The summed E-state index contributed by atoms with van der Waals surface area (Å²) in [6, 6.07) is 0.356. The number of nitrogens with two attached hydrogens (primary N) is 1. The molecular formula is C16H32N2O. The summed E-state index contributed by atoms with van der Waals surface area (Å²) >= 11 is 0. The molecule has 1 rings (SSSR count). The minimum absolute atomic E-state index is 0.356. The molecule has 0 aliphatic carbocycles. The topological polar surface area (TPSA) is 46.3 Å². The molecule has 0 atom stereocenters. The van der Waals surface area contributed by atoms with Gasteiger partial charge in [-0.3, -0.25) is 9.69 Å². The van der Waals surface area contributed by atoms with Crippen molar-refractivity contribution >= 4 is 5.78 Å². The lowest BCUT2D eigenvalue weighted by Gasteiger charge is -2.29. The van der Waals surface area contributed by atoms with E-state index in [2.05, 4.69) is 11.8 Å². The van der Waals surface area contributed by atoms with Gasteiger partial charge < -0.3 is 5.73 Å². The second-order valence-electron chi connectivity index (χ2n) is 6.02. The van der Waals surface area contributed by atoms with Gasteiger partial charge in [0.05, 0.1) is 6.54 Å². The predicted octanol–water partition coefficient (Wildman–Crippen LogP) is 3.12. The number of carbonyl (C=O) groups is 1. The van der Waals surface area contributed by atoms with Gasteiger partial charge >= 0.3 is 0 Å². The summed E-state index contributed by atoms with van der Waals surface area (Å²) in [5.41, 5.74) is 5.86. The first-order chi connectivity index (χ1) is 9.22. The molecule has 0 spiro atoms. The first kappa shape index (κ1) is 16.6. The third kappa shape index (κ3) is 8.38. The molecule has 0 aromatic rings. The summed E-state index contributed by atoms with van der Waals surface area (Å²) in [5, 5.41) is 0. The summed E-state index contributed by atoms with van der Waals surface area (Å²) in [7, 11) is 0. The van der Waals surface area contributed by atoms with Gasteiger partial charge in [0.2, 0.25) is 0 Å². The molecule has 0 aromatic carbocycles. The Morgan fingerprint density at radius 1 is 1.05 bits per heavy atom. The van der Waals surface area contributed by atoms with E-state index in [0.29, 0.717) is 18.4 Å². The third-order valence-electron chi connectivity index (χ3n) is 4.09. The molecule has 1 saturated heterocycles. The van der Waals surface area contributed by atoms with Gasteiger partial charge in [-0.25, -0.2) is 0 Å². The molecule has 0 radical (unpaired) electrons. The van der Waals surface area contributed by atoms with Gasteiger partial charge in [-0.15, -0.1) is 0 Å². The Kier molecular flexibility index (Phi) is 9.10. The number of rotatable bonds is 10. The molecule has 1 fully saturated rings. The number of likely N-dealkylation sites (tertiary alicyclic amines) is 1. The van der Waals surface area contributed by atoms with Crippen molar-refractivity contribution < 1.29 is 4.79 Å². The quantitative estimate of drug-likeness (QED) is 0.619. The van der Waals surface area contributed by atoms with Crippen molar-refractivity contribution in [1.29, 1.82) is 0 Å². The molecule has 0 aromatic heterocycles. The fourth-order valence-electron chi connectivity index (χ4n) is 2.72. The van der Waals surface area contributed by atoms with Crippen LogP contribution < -0.4 is 5.73 Å². The Morgan fingerprint density at radius 2 is 1.63 bits per heavy atom. The van der Waals surface area contributed by atoms with Gasteiger partial charge in [0, 0.05) is 25.6 Å². The van der Waals surface area contributed by atoms with Crippen LogP contribution in [-0.2, 0) is 4.79 Å². The molecule has 3 heteroatoms. The van der Waals surface area contributed by atoms with E-state index in [4.69, 9.17) is 5.73 Å². The van der Waals surface area contributed by atoms with Crippen LogP contribution in [0, 0.1) is 0 Å². The monoisotopic (exact) mass is 268 g/mol. The van der Waals surface area contributed by atoms with Gasteiger partial charge in [0.1, 0.15) is 5.78 Å². The molecule has 3 nitrogen and oxygen atoms in total. The van der Waals surface area contributed by atoms with E-state index in [-0.39, 0.29) is 0 Å². The van der Waals surface area contributed by atoms with E-state index >= 15 is 0 Å². The molecule has 2 N–H and O–H groups in total. The number of Topliss-reactive ketones (excluding diaryl/α,β-unsaturated/α-hetero) is 1. The fourth-order valence-corrected chi connectivity index (χ4v) is 2.72. The number of hydrogen-bond donors (Lipinski definition) is 1. The minimum Gasteiger partial charge on any atom is -0.328 e. The summed E-state index contributed by atoms with van der Waals surface area (Å²) in [6.45, 7) is 4.91. The first-order valence-corrected chi connectivity index (χ1v) is 8.22. The standard InChI is InChI=1S/C16H32N2O/c1-2-3-4-5-6-7-8-9-16(19)14-18-12-10-15(17)11-13-18/h15H,2-14,17H2,1H3. The molecule has 1 aliphatic rings. The highest BCUT2D eigenvalue weighted by molar-refractivity contribution is 5.80. The van der Waals surface area contributed by atoms with Crippen LogP contribution in [0.4, 0.5) is 0 Å². The SMILES string of the molecule is CCCCCCCCCC(=O)CN1CCC(N)CC1. The van der Waals surface area contributed by atoms with Crippen LogP contribution in [-0.4, -0.2) is 36.4 Å². The number of ketones is 1. The van der Waals surface area contributed by atoms with Crippen molar-refractivity contribution in [3.8, 4) is 0 Å². The van der Waals surface area contributed by atoms with E-state index in [9.17, 15) is 4.79 Å². The van der Waals surface area contributed by atoms with Gasteiger partial charge in [-0.2, -0.15) is 0 Å². The van der Waals surface area contributed by atoms with Crippen molar-refractivity contribution in [3.05, 3.63) is 0 Å².